The van der Waals surface area contributed by atoms with Gasteiger partial charge in [0, 0.05) is 5.69 Å². The number of primary amides is 1. The lowest BCUT2D eigenvalue weighted by molar-refractivity contribution is -0.119. The zero-order valence-electron chi connectivity index (χ0n) is 12.9. The maximum Gasteiger partial charge on any atom is 0.320 e. The minimum atomic E-state index is -1.04. The van der Waals surface area contributed by atoms with Crippen LogP contribution in [0.2, 0.25) is 0 Å². The third kappa shape index (κ3) is 4.06. The molecule has 3 amide bonds. The molecular weight excluding hydrogens is 297 g/mol. The predicted molar refractivity (Wildman–Crippen MR) is 86.4 cm³/mol. The number of urea groups is 1. The van der Waals surface area contributed by atoms with Gasteiger partial charge in [-0.3, -0.25) is 4.79 Å². The Bertz CT molecular complexity index is 709. The summed E-state index contributed by atoms with van der Waals surface area (Å²) in [6.45, 7) is 3.74. The van der Waals surface area contributed by atoms with Crippen LogP contribution in [0.1, 0.15) is 22.7 Å². The lowest BCUT2D eigenvalue weighted by atomic mass is 10.1. The maximum absolute atomic E-state index is 13.0. The summed E-state index contributed by atoms with van der Waals surface area (Å²) >= 11 is 0. The van der Waals surface area contributed by atoms with Gasteiger partial charge in [0.2, 0.25) is 5.91 Å². The van der Waals surface area contributed by atoms with Crippen LogP contribution >= 0.6 is 0 Å². The van der Waals surface area contributed by atoms with Crippen molar-refractivity contribution in [2.24, 2.45) is 5.73 Å². The molecule has 0 aliphatic rings. The number of hydrogen-bond acceptors (Lipinski definition) is 2. The van der Waals surface area contributed by atoms with E-state index in [-0.39, 0.29) is 0 Å². The Kier molecular flexibility index (Phi) is 4.95. The molecule has 0 heterocycles. The molecule has 2 aromatic carbocycles. The standard InChI is InChI=1S/C17H18FN3O2/c1-10-4-3-5-11(2)14(10)20-17(23)21-15(16(19)22)12-6-8-13(18)9-7-12/h3-9,15H,1-2H3,(H2,19,22)(H2,20,21,23). The summed E-state index contributed by atoms with van der Waals surface area (Å²) in [5.74, 6) is -1.16. The molecule has 0 aliphatic carbocycles. The van der Waals surface area contributed by atoms with Crippen LogP contribution < -0.4 is 16.4 Å². The number of nitrogens with one attached hydrogen (secondary N) is 2. The first-order valence-corrected chi connectivity index (χ1v) is 7.07. The number of halogens is 1. The molecular formula is C17H18FN3O2. The molecule has 6 heteroatoms. The minimum absolute atomic E-state index is 0.413. The molecule has 0 radical (unpaired) electrons. The quantitative estimate of drug-likeness (QED) is 0.810. The molecule has 0 saturated carbocycles. The van der Waals surface area contributed by atoms with Gasteiger partial charge in [-0.05, 0) is 42.7 Å². The van der Waals surface area contributed by atoms with Gasteiger partial charge in [-0.1, -0.05) is 30.3 Å². The van der Waals surface area contributed by atoms with Crippen molar-refractivity contribution in [2.45, 2.75) is 19.9 Å². The Morgan fingerprint density at radius 3 is 2.13 bits per heavy atom. The van der Waals surface area contributed by atoms with Gasteiger partial charge in [0.25, 0.3) is 0 Å². The van der Waals surface area contributed by atoms with Crippen LogP contribution in [0.3, 0.4) is 0 Å². The second-order valence-corrected chi connectivity index (χ2v) is 5.25. The number of hydrogen-bond donors (Lipinski definition) is 3. The summed E-state index contributed by atoms with van der Waals surface area (Å²) in [6, 6.07) is 9.25. The fourth-order valence-electron chi connectivity index (χ4n) is 2.27. The highest BCUT2D eigenvalue weighted by molar-refractivity contribution is 5.94. The fourth-order valence-corrected chi connectivity index (χ4v) is 2.27. The van der Waals surface area contributed by atoms with E-state index in [4.69, 9.17) is 5.73 Å². The summed E-state index contributed by atoms with van der Waals surface area (Å²) in [6.07, 6.45) is 0. The van der Waals surface area contributed by atoms with Crippen molar-refractivity contribution in [1.29, 1.82) is 0 Å². The molecule has 120 valence electrons. The maximum atomic E-state index is 13.0. The van der Waals surface area contributed by atoms with Gasteiger partial charge in [-0.15, -0.1) is 0 Å². The molecule has 0 aliphatic heterocycles. The van der Waals surface area contributed by atoms with E-state index < -0.39 is 23.8 Å². The number of carbonyl (C=O) groups excluding carboxylic acids is 2. The summed E-state index contributed by atoms with van der Waals surface area (Å²) in [4.78, 5) is 23.8. The van der Waals surface area contributed by atoms with E-state index in [2.05, 4.69) is 10.6 Å². The van der Waals surface area contributed by atoms with Crippen molar-refractivity contribution in [3.63, 3.8) is 0 Å². The summed E-state index contributed by atoms with van der Waals surface area (Å²) in [5.41, 5.74) is 8.22. The number of para-hydroxylation sites is 1. The highest BCUT2D eigenvalue weighted by atomic mass is 19.1. The Morgan fingerprint density at radius 1 is 1.04 bits per heavy atom. The van der Waals surface area contributed by atoms with E-state index in [1.54, 1.807) is 0 Å². The number of benzene rings is 2. The van der Waals surface area contributed by atoms with Crippen molar-refractivity contribution in [3.8, 4) is 0 Å². The summed E-state index contributed by atoms with van der Waals surface area (Å²) in [5, 5.41) is 5.22. The molecule has 0 saturated heterocycles. The normalized spacial score (nSPS) is 11.6. The van der Waals surface area contributed by atoms with Gasteiger partial charge in [-0.2, -0.15) is 0 Å². The summed E-state index contributed by atoms with van der Waals surface area (Å²) in [7, 11) is 0. The van der Waals surface area contributed by atoms with Crippen molar-refractivity contribution < 1.29 is 14.0 Å². The van der Waals surface area contributed by atoms with E-state index in [1.807, 2.05) is 32.0 Å². The van der Waals surface area contributed by atoms with Gasteiger partial charge in [0.1, 0.15) is 11.9 Å². The summed E-state index contributed by atoms with van der Waals surface area (Å²) < 4.78 is 13.0. The van der Waals surface area contributed by atoms with Crippen molar-refractivity contribution in [3.05, 3.63) is 65.0 Å². The Labute approximate surface area is 133 Å². The van der Waals surface area contributed by atoms with Gasteiger partial charge in [0.15, 0.2) is 0 Å². The van der Waals surface area contributed by atoms with Crippen LogP contribution in [0, 0.1) is 19.7 Å². The second-order valence-electron chi connectivity index (χ2n) is 5.25. The number of carbonyl (C=O) groups is 2. The first-order valence-electron chi connectivity index (χ1n) is 7.07. The Hall–Kier alpha value is -2.89. The number of amides is 3. The molecule has 5 nitrogen and oxygen atoms in total. The molecule has 0 fully saturated rings. The Balaban J connectivity index is 2.16. The number of nitrogens with two attached hydrogens (primary N) is 1. The average Bonchev–Trinajstić information content (AvgIpc) is 2.49. The Morgan fingerprint density at radius 2 is 1.61 bits per heavy atom. The number of aryl methyl sites for hydroxylation is 2. The molecule has 2 rings (SSSR count). The second kappa shape index (κ2) is 6.91. The lowest BCUT2D eigenvalue weighted by Crippen LogP contribution is -2.40. The number of anilines is 1. The average molecular weight is 315 g/mol. The highest BCUT2D eigenvalue weighted by Gasteiger charge is 2.20. The third-order valence-electron chi connectivity index (χ3n) is 3.48. The first-order chi connectivity index (χ1) is 10.9. The van der Waals surface area contributed by atoms with Crippen molar-refractivity contribution in [1.82, 2.24) is 5.32 Å². The molecule has 4 N–H and O–H groups in total. The van der Waals surface area contributed by atoms with E-state index in [1.165, 1.54) is 24.3 Å². The minimum Gasteiger partial charge on any atom is -0.368 e. The zero-order valence-corrected chi connectivity index (χ0v) is 12.9. The van der Waals surface area contributed by atoms with Gasteiger partial charge >= 0.3 is 6.03 Å². The van der Waals surface area contributed by atoms with Crippen molar-refractivity contribution in [2.75, 3.05) is 5.32 Å². The van der Waals surface area contributed by atoms with Crippen LogP contribution in [0.4, 0.5) is 14.9 Å². The fraction of sp³-hybridized carbons (Fsp3) is 0.176. The van der Waals surface area contributed by atoms with E-state index >= 15 is 0 Å². The van der Waals surface area contributed by atoms with Crippen LogP contribution in [0.25, 0.3) is 0 Å². The molecule has 0 spiro atoms. The molecule has 2 aromatic rings. The molecule has 0 bridgehead atoms. The van der Waals surface area contributed by atoms with E-state index in [9.17, 15) is 14.0 Å². The number of rotatable bonds is 4. The van der Waals surface area contributed by atoms with E-state index in [0.29, 0.717) is 11.3 Å². The topological polar surface area (TPSA) is 84.2 Å². The smallest absolute Gasteiger partial charge is 0.320 e. The van der Waals surface area contributed by atoms with Gasteiger partial charge in [-0.25, -0.2) is 9.18 Å². The monoisotopic (exact) mass is 315 g/mol. The lowest BCUT2D eigenvalue weighted by Gasteiger charge is -2.18. The SMILES string of the molecule is Cc1cccc(C)c1NC(=O)NC(C(N)=O)c1ccc(F)cc1. The van der Waals surface area contributed by atoms with Gasteiger partial charge in [0.05, 0.1) is 0 Å². The van der Waals surface area contributed by atoms with Crippen LogP contribution in [-0.2, 0) is 4.79 Å². The predicted octanol–water partition coefficient (Wildman–Crippen LogP) is 2.79. The molecule has 0 aromatic heterocycles. The largest absolute Gasteiger partial charge is 0.368 e. The zero-order chi connectivity index (χ0) is 17.0. The molecule has 1 atom stereocenters. The van der Waals surface area contributed by atoms with Crippen LogP contribution in [0.15, 0.2) is 42.5 Å². The third-order valence-corrected chi connectivity index (χ3v) is 3.48. The van der Waals surface area contributed by atoms with Gasteiger partial charge < -0.3 is 16.4 Å². The van der Waals surface area contributed by atoms with Crippen molar-refractivity contribution >= 4 is 17.6 Å². The highest BCUT2D eigenvalue weighted by Crippen LogP contribution is 2.20. The molecule has 23 heavy (non-hydrogen) atoms. The van der Waals surface area contributed by atoms with Crippen LogP contribution in [-0.4, -0.2) is 11.9 Å². The van der Waals surface area contributed by atoms with Crippen LogP contribution in [0.5, 0.6) is 0 Å². The first kappa shape index (κ1) is 16.5. The van der Waals surface area contributed by atoms with E-state index in [0.717, 1.165) is 11.1 Å². The molecule has 1 unspecified atom stereocenters.